The fourth-order valence-corrected chi connectivity index (χ4v) is 2.49. The van der Waals surface area contributed by atoms with Crippen molar-refractivity contribution in [2.45, 2.75) is 0 Å². The number of halogens is 2. The molecule has 3 aromatic rings. The second kappa shape index (κ2) is 5.42. The van der Waals surface area contributed by atoms with E-state index in [1.54, 1.807) is 24.3 Å². The summed E-state index contributed by atoms with van der Waals surface area (Å²) in [5.41, 5.74) is 1.76. The van der Waals surface area contributed by atoms with E-state index in [1.807, 2.05) is 0 Å². The molecule has 0 fully saturated rings. The highest BCUT2D eigenvalue weighted by atomic mass is 79.9. The van der Waals surface area contributed by atoms with Gasteiger partial charge in [0.25, 0.3) is 5.91 Å². The first-order valence-electron chi connectivity index (χ1n) is 6.01. The van der Waals surface area contributed by atoms with Crippen molar-refractivity contribution in [3.05, 3.63) is 57.0 Å². The zero-order chi connectivity index (χ0) is 15.0. The van der Waals surface area contributed by atoms with Gasteiger partial charge in [-0.25, -0.2) is 4.39 Å². The average molecular weight is 366 g/mol. The summed E-state index contributed by atoms with van der Waals surface area (Å²) in [7, 11) is 0. The molecule has 4 nitrogen and oxygen atoms in total. The van der Waals surface area contributed by atoms with E-state index in [-0.39, 0.29) is 5.56 Å². The highest BCUT2D eigenvalue weighted by Crippen LogP contribution is 2.20. The van der Waals surface area contributed by atoms with Crippen LogP contribution in [0.3, 0.4) is 0 Å². The molecule has 2 aromatic carbocycles. The molecule has 1 aromatic heterocycles. The van der Waals surface area contributed by atoms with Crippen LogP contribution in [-0.2, 0) is 0 Å². The van der Waals surface area contributed by atoms with Crippen molar-refractivity contribution in [3.63, 3.8) is 0 Å². The third-order valence-electron chi connectivity index (χ3n) is 2.94. The van der Waals surface area contributed by atoms with E-state index in [0.29, 0.717) is 21.5 Å². The lowest BCUT2D eigenvalue weighted by Gasteiger charge is -2.06. The van der Waals surface area contributed by atoms with Crippen molar-refractivity contribution < 1.29 is 9.18 Å². The number of imidazole rings is 1. The van der Waals surface area contributed by atoms with Gasteiger partial charge in [0, 0.05) is 10.2 Å². The third-order valence-corrected chi connectivity index (χ3v) is 3.67. The van der Waals surface area contributed by atoms with E-state index < -0.39 is 11.7 Å². The maximum absolute atomic E-state index is 13.6. The minimum Gasteiger partial charge on any atom is -0.331 e. The van der Waals surface area contributed by atoms with Crippen LogP contribution in [0, 0.1) is 10.6 Å². The summed E-state index contributed by atoms with van der Waals surface area (Å²) in [5, 5.41) is 2.72. The molecule has 0 aliphatic carbocycles. The Morgan fingerprint density at radius 2 is 1.90 bits per heavy atom. The molecule has 3 rings (SSSR count). The van der Waals surface area contributed by atoms with Crippen molar-refractivity contribution in [3.8, 4) is 0 Å². The topological polar surface area (TPSA) is 60.7 Å². The second-order valence-electron chi connectivity index (χ2n) is 4.42. The summed E-state index contributed by atoms with van der Waals surface area (Å²) in [5.74, 6) is -0.916. The third kappa shape index (κ3) is 2.88. The van der Waals surface area contributed by atoms with E-state index >= 15 is 0 Å². The summed E-state index contributed by atoms with van der Waals surface area (Å²) in [6.45, 7) is 0. The van der Waals surface area contributed by atoms with Gasteiger partial charge in [0.1, 0.15) is 5.82 Å². The Labute approximate surface area is 132 Å². The molecule has 21 heavy (non-hydrogen) atoms. The number of fused-ring (bicyclic) bond motifs is 1. The van der Waals surface area contributed by atoms with Crippen molar-refractivity contribution >= 4 is 50.8 Å². The van der Waals surface area contributed by atoms with Gasteiger partial charge in [-0.05, 0) is 48.6 Å². The number of anilines is 1. The van der Waals surface area contributed by atoms with Crippen LogP contribution in [0.25, 0.3) is 11.0 Å². The van der Waals surface area contributed by atoms with Crippen molar-refractivity contribution in [1.82, 2.24) is 9.97 Å². The maximum atomic E-state index is 13.6. The molecule has 1 heterocycles. The van der Waals surface area contributed by atoms with Crippen LogP contribution in [0.5, 0.6) is 0 Å². The average Bonchev–Trinajstić information content (AvgIpc) is 2.80. The van der Waals surface area contributed by atoms with Gasteiger partial charge in [-0.1, -0.05) is 15.9 Å². The largest absolute Gasteiger partial charge is 0.331 e. The van der Waals surface area contributed by atoms with Gasteiger partial charge in [-0.3, -0.25) is 4.79 Å². The number of amides is 1. The zero-order valence-corrected chi connectivity index (χ0v) is 12.9. The maximum Gasteiger partial charge on any atom is 0.257 e. The molecule has 0 radical (unpaired) electrons. The quantitative estimate of drug-likeness (QED) is 0.590. The number of hydrogen-bond acceptors (Lipinski definition) is 2. The molecule has 7 heteroatoms. The van der Waals surface area contributed by atoms with Gasteiger partial charge in [0.15, 0.2) is 4.77 Å². The number of aromatic amines is 2. The van der Waals surface area contributed by atoms with Crippen molar-refractivity contribution in [2.24, 2.45) is 0 Å². The normalized spacial score (nSPS) is 10.8. The minimum absolute atomic E-state index is 0.195. The van der Waals surface area contributed by atoms with Crippen molar-refractivity contribution in [2.75, 3.05) is 5.32 Å². The Balaban J connectivity index is 2.01. The summed E-state index contributed by atoms with van der Waals surface area (Å²) in [6.07, 6.45) is 0. The smallest absolute Gasteiger partial charge is 0.257 e. The molecule has 0 saturated carbocycles. The fraction of sp³-hybridized carbons (Fsp3) is 0. The number of rotatable bonds is 2. The minimum atomic E-state index is -0.506. The standard InChI is InChI=1S/C14H9BrFN3OS/c15-7-1-3-9(4-2-7)17-13(20)10-5-8(16)6-11-12(10)19-14(21)18-11/h1-6H,(H,17,20)(H2,18,19,21). The molecule has 0 saturated heterocycles. The highest BCUT2D eigenvalue weighted by molar-refractivity contribution is 9.10. The summed E-state index contributed by atoms with van der Waals surface area (Å²) in [6, 6.07) is 9.57. The zero-order valence-electron chi connectivity index (χ0n) is 10.5. The summed E-state index contributed by atoms with van der Waals surface area (Å²) in [4.78, 5) is 18.0. The monoisotopic (exact) mass is 365 g/mol. The molecule has 0 aliphatic rings. The van der Waals surface area contributed by atoms with Gasteiger partial charge >= 0.3 is 0 Å². The molecule has 0 unspecified atom stereocenters. The molecule has 3 N–H and O–H groups in total. The van der Waals surface area contributed by atoms with Crippen LogP contribution in [0.2, 0.25) is 0 Å². The summed E-state index contributed by atoms with van der Waals surface area (Å²) >= 11 is 8.29. The summed E-state index contributed by atoms with van der Waals surface area (Å²) < 4.78 is 14.9. The lowest BCUT2D eigenvalue weighted by Crippen LogP contribution is -2.12. The van der Waals surface area contributed by atoms with Crippen LogP contribution >= 0.6 is 28.1 Å². The fourth-order valence-electron chi connectivity index (χ4n) is 2.02. The van der Waals surface area contributed by atoms with Gasteiger partial charge in [-0.15, -0.1) is 0 Å². The predicted molar refractivity (Wildman–Crippen MR) is 85.5 cm³/mol. The first-order chi connectivity index (χ1) is 10.0. The Kier molecular flexibility index (Phi) is 3.60. The van der Waals surface area contributed by atoms with Crippen LogP contribution in [-0.4, -0.2) is 15.9 Å². The van der Waals surface area contributed by atoms with E-state index in [2.05, 4.69) is 31.2 Å². The van der Waals surface area contributed by atoms with E-state index in [4.69, 9.17) is 12.2 Å². The van der Waals surface area contributed by atoms with Crippen LogP contribution in [0.1, 0.15) is 10.4 Å². The Morgan fingerprint density at radius 3 is 2.62 bits per heavy atom. The van der Waals surface area contributed by atoms with Crippen LogP contribution in [0.4, 0.5) is 10.1 Å². The second-order valence-corrected chi connectivity index (χ2v) is 5.74. The molecule has 0 bridgehead atoms. The van der Waals surface area contributed by atoms with E-state index in [1.165, 1.54) is 12.1 Å². The van der Waals surface area contributed by atoms with Gasteiger partial charge in [-0.2, -0.15) is 0 Å². The lowest BCUT2D eigenvalue weighted by atomic mass is 10.1. The first-order valence-corrected chi connectivity index (χ1v) is 7.21. The number of nitrogens with one attached hydrogen (secondary N) is 3. The number of hydrogen-bond donors (Lipinski definition) is 3. The number of carbonyl (C=O) groups is 1. The van der Waals surface area contributed by atoms with Gasteiger partial charge in [0.2, 0.25) is 0 Å². The van der Waals surface area contributed by atoms with Crippen LogP contribution < -0.4 is 5.32 Å². The predicted octanol–water partition coefficient (Wildman–Crippen LogP) is 4.38. The number of benzene rings is 2. The molecular formula is C14H9BrFN3OS. The molecular weight excluding hydrogens is 357 g/mol. The van der Waals surface area contributed by atoms with E-state index in [9.17, 15) is 9.18 Å². The Bertz CT molecular complexity index is 885. The van der Waals surface area contributed by atoms with Gasteiger partial charge < -0.3 is 15.3 Å². The number of H-pyrrole nitrogens is 2. The molecule has 1 amide bonds. The van der Waals surface area contributed by atoms with Gasteiger partial charge in [0.05, 0.1) is 16.6 Å². The molecule has 0 spiro atoms. The highest BCUT2D eigenvalue weighted by Gasteiger charge is 2.14. The Morgan fingerprint density at radius 1 is 1.19 bits per heavy atom. The molecule has 0 atom stereocenters. The SMILES string of the molecule is O=C(Nc1ccc(Br)cc1)c1cc(F)cc2[nH]c(=S)[nH]c12. The van der Waals surface area contributed by atoms with E-state index in [0.717, 1.165) is 4.47 Å². The number of aromatic nitrogens is 2. The van der Waals surface area contributed by atoms with Crippen LogP contribution in [0.15, 0.2) is 40.9 Å². The molecule has 106 valence electrons. The Hall–Kier alpha value is -1.99. The van der Waals surface area contributed by atoms with Crippen molar-refractivity contribution in [1.29, 1.82) is 0 Å². The molecule has 0 aliphatic heterocycles. The first kappa shape index (κ1) is 14.0. The number of carbonyl (C=O) groups excluding carboxylic acids is 1. The lowest BCUT2D eigenvalue weighted by molar-refractivity contribution is 0.102.